The lowest BCUT2D eigenvalue weighted by Gasteiger charge is -1.93. The molecular formula is C8H7N3S. The molecule has 60 valence electrons. The average Bonchev–Trinajstić information content (AvgIpc) is 2.59. The normalized spacial score (nSPS) is 10.0. The molecule has 0 atom stereocenters. The maximum absolute atomic E-state index is 4.01. The second-order valence-electron chi connectivity index (χ2n) is 2.20. The van der Waals surface area contributed by atoms with Gasteiger partial charge in [0.1, 0.15) is 6.33 Å². The zero-order chi connectivity index (χ0) is 8.23. The number of hydrogen-bond donors (Lipinski definition) is 1. The van der Waals surface area contributed by atoms with Crippen LogP contribution in [0.1, 0.15) is 0 Å². The van der Waals surface area contributed by atoms with Crippen molar-refractivity contribution in [2.45, 2.75) is 10.1 Å². The van der Waals surface area contributed by atoms with Gasteiger partial charge in [0.2, 0.25) is 5.16 Å². The van der Waals surface area contributed by atoms with Gasteiger partial charge in [-0.3, -0.25) is 5.10 Å². The SMILES string of the molecule is c1ccc(Sc2nc[nH]n2)cc1. The van der Waals surface area contributed by atoms with Gasteiger partial charge >= 0.3 is 0 Å². The van der Waals surface area contributed by atoms with E-state index in [0.717, 1.165) is 10.1 Å². The van der Waals surface area contributed by atoms with Crippen molar-refractivity contribution in [1.29, 1.82) is 0 Å². The Kier molecular flexibility index (Phi) is 2.09. The number of H-pyrrole nitrogens is 1. The van der Waals surface area contributed by atoms with E-state index in [1.54, 1.807) is 18.1 Å². The summed E-state index contributed by atoms with van der Waals surface area (Å²) >= 11 is 1.54. The van der Waals surface area contributed by atoms with Crippen molar-refractivity contribution in [1.82, 2.24) is 15.2 Å². The zero-order valence-corrected chi connectivity index (χ0v) is 7.08. The van der Waals surface area contributed by atoms with Crippen LogP contribution >= 0.6 is 11.8 Å². The fourth-order valence-corrected chi connectivity index (χ4v) is 1.55. The van der Waals surface area contributed by atoms with Crippen LogP contribution in [0.3, 0.4) is 0 Å². The second kappa shape index (κ2) is 3.40. The van der Waals surface area contributed by atoms with Gasteiger partial charge in [-0.2, -0.15) is 0 Å². The predicted octanol–water partition coefficient (Wildman–Crippen LogP) is 1.96. The minimum Gasteiger partial charge on any atom is -0.265 e. The Hall–Kier alpha value is -1.29. The summed E-state index contributed by atoms with van der Waals surface area (Å²) in [6.45, 7) is 0. The van der Waals surface area contributed by atoms with Crippen molar-refractivity contribution < 1.29 is 0 Å². The number of rotatable bonds is 2. The Morgan fingerprint density at radius 2 is 2.00 bits per heavy atom. The topological polar surface area (TPSA) is 41.6 Å². The van der Waals surface area contributed by atoms with Crippen molar-refractivity contribution in [3.05, 3.63) is 36.7 Å². The maximum atomic E-state index is 4.01. The monoisotopic (exact) mass is 177 g/mol. The first kappa shape index (κ1) is 7.36. The van der Waals surface area contributed by atoms with Crippen LogP contribution in [0.4, 0.5) is 0 Å². The van der Waals surface area contributed by atoms with Crippen LogP contribution in [-0.4, -0.2) is 15.2 Å². The first-order chi connectivity index (χ1) is 5.95. The summed E-state index contributed by atoms with van der Waals surface area (Å²) in [6.07, 6.45) is 1.57. The van der Waals surface area contributed by atoms with Crippen molar-refractivity contribution >= 4 is 11.8 Å². The molecule has 1 N–H and O–H groups in total. The summed E-state index contributed by atoms with van der Waals surface area (Å²) in [4.78, 5) is 5.16. The van der Waals surface area contributed by atoms with E-state index in [4.69, 9.17) is 0 Å². The molecule has 0 saturated carbocycles. The van der Waals surface area contributed by atoms with Crippen molar-refractivity contribution in [3.63, 3.8) is 0 Å². The van der Waals surface area contributed by atoms with E-state index >= 15 is 0 Å². The maximum Gasteiger partial charge on any atom is 0.212 e. The van der Waals surface area contributed by atoms with Crippen LogP contribution in [0.15, 0.2) is 46.7 Å². The van der Waals surface area contributed by atoms with Gasteiger partial charge in [0.05, 0.1) is 0 Å². The lowest BCUT2D eigenvalue weighted by Crippen LogP contribution is -1.74. The molecule has 12 heavy (non-hydrogen) atoms. The molecule has 0 fully saturated rings. The molecule has 3 nitrogen and oxygen atoms in total. The molecule has 0 aliphatic heterocycles. The Balaban J connectivity index is 2.15. The minimum absolute atomic E-state index is 0.751. The Bertz CT molecular complexity index is 330. The van der Waals surface area contributed by atoms with E-state index in [-0.39, 0.29) is 0 Å². The minimum atomic E-state index is 0.751. The molecule has 0 spiro atoms. The van der Waals surface area contributed by atoms with Gasteiger partial charge in [-0.15, -0.1) is 5.10 Å². The molecule has 0 saturated heterocycles. The van der Waals surface area contributed by atoms with E-state index in [2.05, 4.69) is 15.2 Å². The van der Waals surface area contributed by atoms with Crippen LogP contribution in [0.25, 0.3) is 0 Å². The molecule has 0 amide bonds. The second-order valence-corrected chi connectivity index (χ2v) is 3.24. The molecule has 2 aromatic rings. The largest absolute Gasteiger partial charge is 0.265 e. The van der Waals surface area contributed by atoms with E-state index in [1.807, 2.05) is 30.3 Å². The third kappa shape index (κ3) is 1.65. The summed E-state index contributed by atoms with van der Waals surface area (Å²) in [5.74, 6) is 0. The molecule has 1 aromatic heterocycles. The fourth-order valence-electron chi connectivity index (χ4n) is 0.840. The average molecular weight is 177 g/mol. The highest BCUT2D eigenvalue weighted by molar-refractivity contribution is 7.99. The number of aromatic nitrogens is 3. The standard InChI is InChI=1S/C8H7N3S/c1-2-4-7(5-3-1)12-8-9-6-10-11-8/h1-6H,(H,9,10,11). The highest BCUT2D eigenvalue weighted by atomic mass is 32.2. The number of nitrogens with zero attached hydrogens (tertiary/aromatic N) is 2. The smallest absolute Gasteiger partial charge is 0.212 e. The number of aromatic amines is 1. The lowest BCUT2D eigenvalue weighted by molar-refractivity contribution is 0.973. The molecule has 2 rings (SSSR count). The van der Waals surface area contributed by atoms with Crippen LogP contribution < -0.4 is 0 Å². The highest BCUT2D eigenvalue weighted by Gasteiger charge is 1.97. The molecule has 1 heterocycles. The fraction of sp³-hybridized carbons (Fsp3) is 0. The number of nitrogens with one attached hydrogen (secondary N) is 1. The third-order valence-corrected chi connectivity index (χ3v) is 2.23. The third-order valence-electron chi connectivity index (χ3n) is 1.35. The van der Waals surface area contributed by atoms with Gasteiger partial charge in [0.25, 0.3) is 0 Å². The Morgan fingerprint density at radius 1 is 1.17 bits per heavy atom. The quantitative estimate of drug-likeness (QED) is 0.762. The molecule has 0 radical (unpaired) electrons. The van der Waals surface area contributed by atoms with Gasteiger partial charge in [-0.1, -0.05) is 18.2 Å². The lowest BCUT2D eigenvalue weighted by atomic mass is 10.4. The highest BCUT2D eigenvalue weighted by Crippen LogP contribution is 2.22. The molecule has 0 bridgehead atoms. The molecule has 1 aromatic carbocycles. The number of benzene rings is 1. The summed E-state index contributed by atoms with van der Waals surface area (Å²) in [7, 11) is 0. The summed E-state index contributed by atoms with van der Waals surface area (Å²) < 4.78 is 0. The van der Waals surface area contributed by atoms with E-state index < -0.39 is 0 Å². The first-order valence-corrected chi connectivity index (χ1v) is 4.35. The predicted molar refractivity (Wildman–Crippen MR) is 46.9 cm³/mol. The summed E-state index contributed by atoms with van der Waals surface area (Å²) in [6, 6.07) is 10.0. The van der Waals surface area contributed by atoms with Crippen LogP contribution in [-0.2, 0) is 0 Å². The number of hydrogen-bond acceptors (Lipinski definition) is 3. The molecular weight excluding hydrogens is 170 g/mol. The molecule has 4 heteroatoms. The van der Waals surface area contributed by atoms with Crippen molar-refractivity contribution in [2.75, 3.05) is 0 Å². The summed E-state index contributed by atoms with van der Waals surface area (Å²) in [5, 5.41) is 7.36. The summed E-state index contributed by atoms with van der Waals surface area (Å²) in [5.41, 5.74) is 0. The molecule has 0 aliphatic rings. The van der Waals surface area contributed by atoms with Crippen LogP contribution in [0.5, 0.6) is 0 Å². The first-order valence-electron chi connectivity index (χ1n) is 3.54. The van der Waals surface area contributed by atoms with Gasteiger partial charge in [-0.25, -0.2) is 4.98 Å². The Labute approximate surface area is 74.2 Å². The molecule has 0 unspecified atom stereocenters. The van der Waals surface area contributed by atoms with Gasteiger partial charge in [0, 0.05) is 4.90 Å². The van der Waals surface area contributed by atoms with E-state index in [1.165, 1.54) is 0 Å². The molecule has 0 aliphatic carbocycles. The van der Waals surface area contributed by atoms with Gasteiger partial charge in [-0.05, 0) is 23.9 Å². The van der Waals surface area contributed by atoms with Crippen LogP contribution in [0.2, 0.25) is 0 Å². The van der Waals surface area contributed by atoms with E-state index in [0.29, 0.717) is 0 Å². The van der Waals surface area contributed by atoms with Crippen molar-refractivity contribution in [2.24, 2.45) is 0 Å². The van der Waals surface area contributed by atoms with Gasteiger partial charge < -0.3 is 0 Å². The Morgan fingerprint density at radius 3 is 2.67 bits per heavy atom. The van der Waals surface area contributed by atoms with Crippen LogP contribution in [0, 0.1) is 0 Å². The zero-order valence-electron chi connectivity index (χ0n) is 6.27. The van der Waals surface area contributed by atoms with Crippen molar-refractivity contribution in [3.8, 4) is 0 Å². The van der Waals surface area contributed by atoms with Gasteiger partial charge in [0.15, 0.2) is 0 Å². The van der Waals surface area contributed by atoms with E-state index in [9.17, 15) is 0 Å².